The molecule has 0 bridgehead atoms. The van der Waals surface area contributed by atoms with E-state index in [2.05, 4.69) is 10.4 Å². The van der Waals surface area contributed by atoms with E-state index in [1.54, 1.807) is 24.0 Å². The molecule has 2 heterocycles. The van der Waals surface area contributed by atoms with Crippen LogP contribution in [-0.2, 0) is 17.9 Å². The van der Waals surface area contributed by atoms with Gasteiger partial charge in [0.25, 0.3) is 5.91 Å². The van der Waals surface area contributed by atoms with E-state index in [1.165, 1.54) is 16.8 Å². The second-order valence-electron chi connectivity index (χ2n) is 7.89. The second-order valence-corrected chi connectivity index (χ2v) is 8.25. The summed E-state index contributed by atoms with van der Waals surface area (Å²) in [6, 6.07) is 13.7. The van der Waals surface area contributed by atoms with Crippen LogP contribution in [-0.4, -0.2) is 28.1 Å². The first kappa shape index (κ1) is 22.0. The largest absolute Gasteiger partial charge is 0.348 e. The zero-order chi connectivity index (χ0) is 22.7. The van der Waals surface area contributed by atoms with Gasteiger partial charge in [0.1, 0.15) is 11.0 Å². The maximum absolute atomic E-state index is 13.1. The third-order valence-corrected chi connectivity index (χ3v) is 5.92. The number of aryl methyl sites for hydroxylation is 1. The Morgan fingerprint density at radius 3 is 2.69 bits per heavy atom. The fourth-order valence-corrected chi connectivity index (χ4v) is 4.18. The van der Waals surface area contributed by atoms with Crippen molar-refractivity contribution in [3.05, 3.63) is 81.9 Å². The van der Waals surface area contributed by atoms with Crippen LogP contribution in [0.3, 0.4) is 0 Å². The highest BCUT2D eigenvalue weighted by atomic mass is 35.5. The summed E-state index contributed by atoms with van der Waals surface area (Å²) in [6.07, 6.45) is 2.49. The Balaban J connectivity index is 1.44. The summed E-state index contributed by atoms with van der Waals surface area (Å²) in [5.74, 6) is -0.504. The molecular weight excluding hydrogens is 431 g/mol. The van der Waals surface area contributed by atoms with Gasteiger partial charge in [0.2, 0.25) is 5.91 Å². The predicted molar refractivity (Wildman–Crippen MR) is 121 cm³/mol. The molecule has 8 heteroatoms. The van der Waals surface area contributed by atoms with Gasteiger partial charge in [-0.25, -0.2) is 9.07 Å². The van der Waals surface area contributed by atoms with Gasteiger partial charge in [-0.15, -0.1) is 0 Å². The van der Waals surface area contributed by atoms with Gasteiger partial charge in [-0.3, -0.25) is 9.59 Å². The van der Waals surface area contributed by atoms with Gasteiger partial charge in [-0.05, 0) is 55.2 Å². The molecule has 0 spiro atoms. The summed E-state index contributed by atoms with van der Waals surface area (Å²) in [7, 11) is 0. The van der Waals surface area contributed by atoms with Crippen molar-refractivity contribution in [2.75, 3.05) is 11.4 Å². The molecule has 0 unspecified atom stereocenters. The SMILES string of the molecule is Cc1nn(Cc2ccc(F)cc2)c(Cl)c1C(=O)NCc1cccc(N2CCCCC2=O)c1. The molecule has 1 aromatic heterocycles. The van der Waals surface area contributed by atoms with Crippen LogP contribution in [0.5, 0.6) is 0 Å². The molecule has 6 nitrogen and oxygen atoms in total. The minimum absolute atomic E-state index is 0.133. The van der Waals surface area contributed by atoms with Crippen LogP contribution in [0, 0.1) is 12.7 Å². The molecule has 0 aliphatic carbocycles. The lowest BCUT2D eigenvalue weighted by Gasteiger charge is -2.27. The molecule has 2 amide bonds. The Labute approximate surface area is 191 Å². The molecule has 1 N–H and O–H groups in total. The Kier molecular flexibility index (Phi) is 6.55. The lowest BCUT2D eigenvalue weighted by atomic mass is 10.1. The van der Waals surface area contributed by atoms with Crippen LogP contribution >= 0.6 is 11.6 Å². The Morgan fingerprint density at radius 1 is 1.16 bits per heavy atom. The molecule has 0 saturated carbocycles. The number of nitrogens with zero attached hydrogens (tertiary/aromatic N) is 3. The van der Waals surface area contributed by atoms with Crippen molar-refractivity contribution < 1.29 is 14.0 Å². The molecule has 1 saturated heterocycles. The topological polar surface area (TPSA) is 67.2 Å². The molecule has 1 aliphatic heterocycles. The van der Waals surface area contributed by atoms with Crippen molar-refractivity contribution in [3.63, 3.8) is 0 Å². The van der Waals surface area contributed by atoms with Crippen molar-refractivity contribution in [1.29, 1.82) is 0 Å². The van der Waals surface area contributed by atoms with E-state index in [0.29, 0.717) is 30.8 Å². The van der Waals surface area contributed by atoms with E-state index < -0.39 is 0 Å². The lowest BCUT2D eigenvalue weighted by molar-refractivity contribution is -0.119. The summed E-state index contributed by atoms with van der Waals surface area (Å²) in [5, 5.41) is 7.50. The smallest absolute Gasteiger partial charge is 0.256 e. The number of piperidine rings is 1. The number of benzene rings is 2. The molecule has 4 rings (SSSR count). The zero-order valence-electron chi connectivity index (χ0n) is 17.8. The number of halogens is 2. The summed E-state index contributed by atoms with van der Waals surface area (Å²) < 4.78 is 14.7. The molecule has 32 heavy (non-hydrogen) atoms. The first-order valence-corrected chi connectivity index (χ1v) is 10.9. The summed E-state index contributed by atoms with van der Waals surface area (Å²) in [4.78, 5) is 26.8. The number of carbonyl (C=O) groups excluding carboxylic acids is 2. The Bertz CT molecular complexity index is 1140. The maximum atomic E-state index is 13.1. The fraction of sp³-hybridized carbons (Fsp3) is 0.292. The van der Waals surface area contributed by atoms with Crippen LogP contribution < -0.4 is 10.2 Å². The van der Waals surface area contributed by atoms with Gasteiger partial charge in [0.15, 0.2) is 0 Å². The monoisotopic (exact) mass is 454 g/mol. The van der Waals surface area contributed by atoms with Crippen LogP contribution in [0.1, 0.15) is 46.4 Å². The molecule has 1 fully saturated rings. The average Bonchev–Trinajstić information content (AvgIpc) is 3.07. The first-order chi connectivity index (χ1) is 15.4. The fourth-order valence-electron chi connectivity index (χ4n) is 3.86. The summed E-state index contributed by atoms with van der Waals surface area (Å²) in [5.41, 5.74) is 3.40. The normalized spacial score (nSPS) is 14.0. The molecule has 166 valence electrons. The van der Waals surface area contributed by atoms with Crippen LogP contribution in [0.2, 0.25) is 5.15 Å². The maximum Gasteiger partial charge on any atom is 0.256 e. The quantitative estimate of drug-likeness (QED) is 0.597. The first-order valence-electron chi connectivity index (χ1n) is 10.6. The molecule has 0 atom stereocenters. The molecule has 1 aliphatic rings. The third-order valence-electron chi connectivity index (χ3n) is 5.54. The van der Waals surface area contributed by atoms with Gasteiger partial charge < -0.3 is 10.2 Å². The highest BCUT2D eigenvalue weighted by Gasteiger charge is 2.21. The summed E-state index contributed by atoms with van der Waals surface area (Å²) in [6.45, 7) is 3.08. The van der Waals surface area contributed by atoms with E-state index in [1.807, 2.05) is 24.3 Å². The minimum atomic E-state index is -0.322. The van der Waals surface area contributed by atoms with E-state index in [0.717, 1.165) is 36.2 Å². The number of aromatic nitrogens is 2. The Morgan fingerprint density at radius 2 is 1.94 bits per heavy atom. The average molecular weight is 455 g/mol. The van der Waals surface area contributed by atoms with Gasteiger partial charge >= 0.3 is 0 Å². The minimum Gasteiger partial charge on any atom is -0.348 e. The predicted octanol–water partition coefficient (Wildman–Crippen LogP) is 4.48. The van der Waals surface area contributed by atoms with Crippen molar-refractivity contribution in [2.45, 2.75) is 39.3 Å². The van der Waals surface area contributed by atoms with Crippen molar-refractivity contribution >= 4 is 29.1 Å². The molecule has 2 aromatic carbocycles. The van der Waals surface area contributed by atoms with Crippen molar-refractivity contribution in [2.24, 2.45) is 0 Å². The molecular formula is C24H24ClFN4O2. The molecule has 0 radical (unpaired) electrons. The number of hydrogen-bond acceptors (Lipinski definition) is 3. The number of amides is 2. The van der Waals surface area contributed by atoms with E-state index in [4.69, 9.17) is 11.6 Å². The highest BCUT2D eigenvalue weighted by molar-refractivity contribution is 6.33. The van der Waals surface area contributed by atoms with E-state index in [9.17, 15) is 14.0 Å². The van der Waals surface area contributed by atoms with Gasteiger partial charge in [0.05, 0.1) is 17.8 Å². The second kappa shape index (κ2) is 9.53. The van der Waals surface area contributed by atoms with E-state index >= 15 is 0 Å². The lowest BCUT2D eigenvalue weighted by Crippen LogP contribution is -2.35. The summed E-state index contributed by atoms with van der Waals surface area (Å²) >= 11 is 6.45. The number of anilines is 1. The van der Waals surface area contributed by atoms with Crippen molar-refractivity contribution in [3.8, 4) is 0 Å². The number of hydrogen-bond donors (Lipinski definition) is 1. The van der Waals surface area contributed by atoms with E-state index in [-0.39, 0.29) is 22.8 Å². The Hall–Kier alpha value is -3.19. The number of nitrogens with one attached hydrogen (secondary N) is 1. The third kappa shape index (κ3) is 4.83. The van der Waals surface area contributed by atoms with Crippen LogP contribution in [0.15, 0.2) is 48.5 Å². The van der Waals surface area contributed by atoms with Gasteiger partial charge in [-0.2, -0.15) is 5.10 Å². The standard InChI is InChI=1S/C24H24ClFN4O2/c1-16-22(23(25)30(28-16)15-17-8-10-19(26)11-9-17)24(32)27-14-18-5-4-6-20(13-18)29-12-3-2-7-21(29)31/h4-6,8-11,13H,2-3,7,12,14-15H2,1H3,(H,27,32). The van der Waals surface area contributed by atoms with Crippen LogP contribution in [0.4, 0.5) is 10.1 Å². The number of rotatable bonds is 6. The highest BCUT2D eigenvalue weighted by Crippen LogP contribution is 2.23. The number of carbonyl (C=O) groups is 2. The zero-order valence-corrected chi connectivity index (χ0v) is 18.5. The molecule has 3 aromatic rings. The van der Waals surface area contributed by atoms with Crippen molar-refractivity contribution in [1.82, 2.24) is 15.1 Å². The van der Waals surface area contributed by atoms with Gasteiger partial charge in [0, 0.05) is 25.2 Å². The van der Waals surface area contributed by atoms with Crippen LogP contribution in [0.25, 0.3) is 0 Å². The van der Waals surface area contributed by atoms with Gasteiger partial charge in [-0.1, -0.05) is 35.9 Å².